The standard InChI is InChI=1S/C32H34N4O4/c1-6-31(4,5)36-21-14-10-8-12-19(21)32(40)17-22-27(38)34-16-15-30(2,3)26-23(18-11-7-9-13-20(18)33-26)25(37)24(34)28(39)35(22)29(32)36/h6-16,22,24-25,29,33,37,40H,1,17H2,2-5H3/t22-,24-,25-,29-,32-/m0/s1. The first-order valence-electron chi connectivity index (χ1n) is 13.8. The predicted molar refractivity (Wildman–Crippen MR) is 152 cm³/mol. The van der Waals surface area contributed by atoms with Crippen LogP contribution in [0.15, 0.2) is 73.5 Å². The lowest BCUT2D eigenvalue weighted by molar-refractivity contribution is -0.164. The minimum Gasteiger partial charge on any atom is -0.386 e. The molecule has 2 amide bonds. The molecular weight excluding hydrogens is 504 g/mol. The molecule has 3 aromatic rings. The number of para-hydroxylation sites is 2. The van der Waals surface area contributed by atoms with Crippen LogP contribution in [0.25, 0.3) is 10.9 Å². The van der Waals surface area contributed by atoms with Gasteiger partial charge in [0, 0.05) is 51.4 Å². The number of amides is 2. The van der Waals surface area contributed by atoms with Gasteiger partial charge in [-0.05, 0) is 26.0 Å². The Morgan fingerprint density at radius 2 is 1.77 bits per heavy atom. The molecule has 4 aliphatic rings. The van der Waals surface area contributed by atoms with Crippen molar-refractivity contribution in [1.82, 2.24) is 14.8 Å². The summed E-state index contributed by atoms with van der Waals surface area (Å²) in [6.45, 7) is 12.0. The van der Waals surface area contributed by atoms with E-state index in [9.17, 15) is 19.8 Å². The van der Waals surface area contributed by atoms with Gasteiger partial charge in [0.05, 0.1) is 5.54 Å². The largest absolute Gasteiger partial charge is 0.386 e. The first-order valence-corrected chi connectivity index (χ1v) is 13.8. The summed E-state index contributed by atoms with van der Waals surface area (Å²) in [6.07, 6.45) is 3.30. The third-order valence-corrected chi connectivity index (χ3v) is 9.51. The molecule has 1 aromatic heterocycles. The number of aliphatic hydroxyl groups is 2. The number of carbonyl (C=O) groups is 2. The summed E-state index contributed by atoms with van der Waals surface area (Å²) in [5.41, 5.74) is 1.12. The van der Waals surface area contributed by atoms with E-state index in [1.807, 2.05) is 87.2 Å². The number of hydrogen-bond acceptors (Lipinski definition) is 5. The zero-order chi connectivity index (χ0) is 28.4. The zero-order valence-electron chi connectivity index (χ0n) is 23.1. The van der Waals surface area contributed by atoms with E-state index in [0.717, 1.165) is 22.3 Å². The Morgan fingerprint density at radius 3 is 2.52 bits per heavy atom. The molecule has 2 saturated heterocycles. The number of hydrogen-bond donors (Lipinski definition) is 3. The summed E-state index contributed by atoms with van der Waals surface area (Å²) < 4.78 is 0. The molecule has 2 aromatic carbocycles. The molecular formula is C32H34N4O4. The molecule has 0 radical (unpaired) electrons. The molecule has 4 aliphatic heterocycles. The van der Waals surface area contributed by atoms with Gasteiger partial charge in [-0.1, -0.05) is 62.4 Å². The van der Waals surface area contributed by atoms with Crippen LogP contribution in [0, 0.1) is 0 Å². The third kappa shape index (κ3) is 2.98. The quantitative estimate of drug-likeness (QED) is 0.431. The van der Waals surface area contributed by atoms with E-state index in [1.54, 1.807) is 12.3 Å². The highest BCUT2D eigenvalue weighted by Crippen LogP contribution is 2.57. The monoisotopic (exact) mass is 538 g/mol. The number of H-pyrrole nitrogens is 1. The Morgan fingerprint density at radius 1 is 1.07 bits per heavy atom. The van der Waals surface area contributed by atoms with Crippen LogP contribution < -0.4 is 4.90 Å². The van der Waals surface area contributed by atoms with Crippen molar-refractivity contribution >= 4 is 28.4 Å². The van der Waals surface area contributed by atoms with Crippen LogP contribution in [0.2, 0.25) is 0 Å². The topological polar surface area (TPSA) is 100 Å². The van der Waals surface area contributed by atoms with Gasteiger partial charge >= 0.3 is 0 Å². The molecule has 206 valence electrons. The molecule has 0 aliphatic carbocycles. The van der Waals surface area contributed by atoms with Crippen molar-refractivity contribution in [2.75, 3.05) is 4.90 Å². The Hall–Kier alpha value is -3.88. The summed E-state index contributed by atoms with van der Waals surface area (Å²) in [5, 5.41) is 25.2. The molecule has 8 nitrogen and oxygen atoms in total. The number of carbonyl (C=O) groups excluding carboxylic acids is 2. The number of allylic oxidation sites excluding steroid dienone is 1. The normalized spacial score (nSPS) is 30.4. The number of aromatic nitrogens is 1. The predicted octanol–water partition coefficient (Wildman–Crippen LogP) is 3.82. The molecule has 40 heavy (non-hydrogen) atoms. The van der Waals surface area contributed by atoms with Gasteiger partial charge in [0.25, 0.3) is 5.91 Å². The van der Waals surface area contributed by atoms with Crippen molar-refractivity contribution < 1.29 is 19.8 Å². The van der Waals surface area contributed by atoms with Crippen LogP contribution in [0.4, 0.5) is 5.69 Å². The summed E-state index contributed by atoms with van der Waals surface area (Å²) >= 11 is 0. The number of nitrogens with zero attached hydrogens (tertiary/aromatic N) is 3. The summed E-state index contributed by atoms with van der Waals surface area (Å²) in [7, 11) is 0. The maximum Gasteiger partial charge on any atom is 0.251 e. The van der Waals surface area contributed by atoms with Crippen LogP contribution in [0.1, 0.15) is 57.0 Å². The van der Waals surface area contributed by atoms with Crippen molar-refractivity contribution in [3.8, 4) is 0 Å². The second-order valence-corrected chi connectivity index (χ2v) is 12.6. The van der Waals surface area contributed by atoms with E-state index in [0.29, 0.717) is 11.1 Å². The van der Waals surface area contributed by atoms with Crippen LogP contribution in [0.3, 0.4) is 0 Å². The van der Waals surface area contributed by atoms with Crippen molar-refractivity contribution in [2.45, 2.75) is 75.0 Å². The summed E-state index contributed by atoms with van der Waals surface area (Å²) in [4.78, 5) is 37.3. The van der Waals surface area contributed by atoms with E-state index < -0.39 is 46.8 Å². The van der Waals surface area contributed by atoms with Crippen LogP contribution in [-0.4, -0.2) is 60.6 Å². The molecule has 3 N–H and O–H groups in total. The van der Waals surface area contributed by atoms with Crippen molar-refractivity contribution in [1.29, 1.82) is 0 Å². The Balaban J connectivity index is 1.42. The number of fused-ring (bicyclic) bond motifs is 9. The zero-order valence-corrected chi connectivity index (χ0v) is 23.1. The lowest BCUT2D eigenvalue weighted by Gasteiger charge is -2.49. The average molecular weight is 539 g/mol. The van der Waals surface area contributed by atoms with Crippen molar-refractivity contribution in [3.63, 3.8) is 0 Å². The number of aromatic amines is 1. The van der Waals surface area contributed by atoms with Crippen molar-refractivity contribution in [3.05, 3.63) is 90.3 Å². The summed E-state index contributed by atoms with van der Waals surface area (Å²) in [5.74, 6) is -0.702. The Kier molecular flexibility index (Phi) is 4.93. The molecule has 0 unspecified atom stereocenters. The molecule has 0 spiro atoms. The number of benzene rings is 2. The second-order valence-electron chi connectivity index (χ2n) is 12.6. The first kappa shape index (κ1) is 25.1. The molecule has 2 fully saturated rings. The Labute approximate surface area is 233 Å². The maximum absolute atomic E-state index is 14.7. The highest BCUT2D eigenvalue weighted by atomic mass is 16.3. The summed E-state index contributed by atoms with van der Waals surface area (Å²) in [6, 6.07) is 13.2. The highest BCUT2D eigenvalue weighted by molar-refractivity contribution is 6.01. The van der Waals surface area contributed by atoms with E-state index in [1.165, 1.54) is 9.80 Å². The SMILES string of the molecule is C=CC(C)(C)N1c2ccccc2[C@@]2(O)C[C@H]3C(=O)N4C=CC(C)(C)c5[nH]c6ccccc6c5[C@H](O)[C@H]4C(=O)N3[C@@H]12. The Bertz CT molecular complexity index is 1640. The van der Waals surface area contributed by atoms with Gasteiger partial charge in [-0.3, -0.25) is 9.59 Å². The number of aliphatic hydroxyl groups excluding tert-OH is 1. The van der Waals surface area contributed by atoms with Gasteiger partial charge in [0.15, 0.2) is 0 Å². The molecule has 0 saturated carbocycles. The van der Waals surface area contributed by atoms with Gasteiger partial charge < -0.3 is 29.9 Å². The lowest BCUT2D eigenvalue weighted by Crippen LogP contribution is -2.68. The van der Waals surface area contributed by atoms with E-state index in [-0.39, 0.29) is 12.3 Å². The van der Waals surface area contributed by atoms with Crippen molar-refractivity contribution in [2.24, 2.45) is 0 Å². The number of anilines is 1. The maximum atomic E-state index is 14.7. The lowest BCUT2D eigenvalue weighted by atomic mass is 9.81. The van der Waals surface area contributed by atoms with E-state index in [4.69, 9.17) is 0 Å². The number of piperazine rings is 1. The van der Waals surface area contributed by atoms with E-state index in [2.05, 4.69) is 11.6 Å². The van der Waals surface area contributed by atoms with E-state index >= 15 is 0 Å². The van der Waals surface area contributed by atoms with Gasteiger partial charge in [0.2, 0.25) is 5.91 Å². The number of rotatable bonds is 2. The molecule has 0 bridgehead atoms. The van der Waals surface area contributed by atoms with Gasteiger partial charge in [0.1, 0.15) is 30.0 Å². The highest BCUT2D eigenvalue weighted by Gasteiger charge is 2.68. The molecule has 8 heteroatoms. The molecule has 5 heterocycles. The van der Waals surface area contributed by atoms with Gasteiger partial charge in [-0.2, -0.15) is 0 Å². The second kappa shape index (κ2) is 7.86. The minimum absolute atomic E-state index is 0.0673. The number of nitrogens with one attached hydrogen (secondary N) is 1. The average Bonchev–Trinajstić information content (AvgIpc) is 3.54. The fourth-order valence-electron chi connectivity index (χ4n) is 7.39. The first-order chi connectivity index (χ1) is 18.9. The molecule has 5 atom stereocenters. The van der Waals surface area contributed by atoms with Gasteiger partial charge in [-0.15, -0.1) is 6.58 Å². The fourth-order valence-corrected chi connectivity index (χ4v) is 7.39. The van der Waals surface area contributed by atoms with Gasteiger partial charge in [-0.25, -0.2) is 0 Å². The van der Waals surface area contributed by atoms with Crippen LogP contribution in [-0.2, 0) is 20.6 Å². The minimum atomic E-state index is -1.46. The van der Waals surface area contributed by atoms with Crippen LogP contribution >= 0.6 is 0 Å². The molecule has 7 rings (SSSR count). The smallest absolute Gasteiger partial charge is 0.251 e. The fraction of sp³-hybridized carbons (Fsp3) is 0.375. The third-order valence-electron chi connectivity index (χ3n) is 9.51. The van der Waals surface area contributed by atoms with Crippen LogP contribution in [0.5, 0.6) is 0 Å².